The molecule has 0 spiro atoms. The molecule has 3 amide bonds. The second-order valence-corrected chi connectivity index (χ2v) is 7.54. The number of fused-ring (bicyclic) bond motifs is 1. The van der Waals surface area contributed by atoms with E-state index in [-0.39, 0.29) is 29.9 Å². The minimum Gasteiger partial charge on any atom is -0.349 e. The SMILES string of the molecule is C#CN1C=C(C(=O)NC2CCCCC2C)C2=N[C@@H](C(C)C)CN2C1=O. The van der Waals surface area contributed by atoms with Crippen LogP contribution in [0, 0.1) is 24.3 Å². The molecule has 1 fully saturated rings. The number of terminal acetylenes is 1. The lowest BCUT2D eigenvalue weighted by atomic mass is 9.86. The Balaban J connectivity index is 1.86. The van der Waals surface area contributed by atoms with Gasteiger partial charge in [0.2, 0.25) is 0 Å². The largest absolute Gasteiger partial charge is 0.349 e. The van der Waals surface area contributed by atoms with Crippen molar-refractivity contribution in [2.75, 3.05) is 6.54 Å². The molecule has 0 saturated heterocycles. The summed E-state index contributed by atoms with van der Waals surface area (Å²) in [6, 6.07) is 2.18. The molecule has 25 heavy (non-hydrogen) atoms. The number of nitrogens with one attached hydrogen (secondary N) is 1. The van der Waals surface area contributed by atoms with Gasteiger partial charge in [-0.15, -0.1) is 0 Å². The number of amides is 3. The van der Waals surface area contributed by atoms with Crippen LogP contribution in [0.15, 0.2) is 16.8 Å². The van der Waals surface area contributed by atoms with Gasteiger partial charge in [-0.05, 0) is 24.7 Å². The molecule has 1 saturated carbocycles. The van der Waals surface area contributed by atoms with Crippen LogP contribution in [0.1, 0.15) is 46.5 Å². The quantitative estimate of drug-likeness (QED) is 0.800. The first-order chi connectivity index (χ1) is 11.9. The average Bonchev–Trinajstić information content (AvgIpc) is 3.03. The van der Waals surface area contributed by atoms with Crippen LogP contribution >= 0.6 is 0 Å². The number of rotatable bonds is 3. The smallest absolute Gasteiger partial charge is 0.341 e. The molecule has 0 aromatic heterocycles. The van der Waals surface area contributed by atoms with E-state index < -0.39 is 0 Å². The number of urea groups is 1. The van der Waals surface area contributed by atoms with Crippen molar-refractivity contribution in [3.8, 4) is 12.5 Å². The zero-order valence-corrected chi connectivity index (χ0v) is 15.2. The van der Waals surface area contributed by atoms with E-state index in [1.165, 1.54) is 17.5 Å². The van der Waals surface area contributed by atoms with Gasteiger partial charge in [-0.25, -0.2) is 9.69 Å². The Morgan fingerprint density at radius 1 is 1.40 bits per heavy atom. The number of carbonyl (C=O) groups is 2. The molecule has 3 rings (SSSR count). The first-order valence-corrected chi connectivity index (χ1v) is 9.10. The van der Waals surface area contributed by atoms with E-state index in [9.17, 15) is 9.59 Å². The highest BCUT2D eigenvalue weighted by Gasteiger charge is 2.41. The van der Waals surface area contributed by atoms with Crippen molar-refractivity contribution in [3.05, 3.63) is 11.8 Å². The highest BCUT2D eigenvalue weighted by Crippen LogP contribution is 2.27. The molecular formula is C19H26N4O2. The summed E-state index contributed by atoms with van der Waals surface area (Å²) < 4.78 is 0. The van der Waals surface area contributed by atoms with Crippen LogP contribution in [0.25, 0.3) is 0 Å². The molecule has 0 aromatic rings. The van der Waals surface area contributed by atoms with Crippen molar-refractivity contribution in [2.45, 2.75) is 58.5 Å². The zero-order chi connectivity index (χ0) is 18.1. The molecular weight excluding hydrogens is 316 g/mol. The molecule has 1 aliphatic carbocycles. The molecule has 0 aromatic carbocycles. The van der Waals surface area contributed by atoms with Crippen molar-refractivity contribution in [2.24, 2.45) is 16.8 Å². The molecule has 6 heteroatoms. The third-order valence-corrected chi connectivity index (χ3v) is 5.43. The van der Waals surface area contributed by atoms with Gasteiger partial charge in [0.1, 0.15) is 5.84 Å². The van der Waals surface area contributed by atoms with Crippen LogP contribution in [0.4, 0.5) is 4.79 Å². The van der Waals surface area contributed by atoms with E-state index in [1.54, 1.807) is 0 Å². The van der Waals surface area contributed by atoms with Gasteiger partial charge in [-0.2, -0.15) is 0 Å². The van der Waals surface area contributed by atoms with Crippen molar-refractivity contribution in [1.82, 2.24) is 15.1 Å². The third kappa shape index (κ3) is 3.28. The highest BCUT2D eigenvalue weighted by molar-refractivity contribution is 6.26. The number of carbonyl (C=O) groups excluding carboxylic acids is 2. The van der Waals surface area contributed by atoms with Gasteiger partial charge in [0.25, 0.3) is 5.91 Å². The molecule has 134 valence electrons. The van der Waals surface area contributed by atoms with Crippen LogP contribution in [0.2, 0.25) is 0 Å². The van der Waals surface area contributed by atoms with Crippen molar-refractivity contribution in [3.63, 3.8) is 0 Å². The predicted octanol–water partition coefficient (Wildman–Crippen LogP) is 2.33. The number of aliphatic imine (C=N–C) groups is 1. The third-order valence-electron chi connectivity index (χ3n) is 5.43. The molecule has 6 nitrogen and oxygen atoms in total. The minimum absolute atomic E-state index is 0.0125. The summed E-state index contributed by atoms with van der Waals surface area (Å²) in [5, 5.41) is 3.13. The fourth-order valence-corrected chi connectivity index (χ4v) is 3.69. The maximum Gasteiger partial charge on any atom is 0.341 e. The predicted molar refractivity (Wildman–Crippen MR) is 96.5 cm³/mol. The lowest BCUT2D eigenvalue weighted by Gasteiger charge is -2.32. The second kappa shape index (κ2) is 6.91. The molecule has 2 unspecified atom stereocenters. The monoisotopic (exact) mass is 342 g/mol. The van der Waals surface area contributed by atoms with Gasteiger partial charge in [0, 0.05) is 18.3 Å². The average molecular weight is 342 g/mol. The summed E-state index contributed by atoms with van der Waals surface area (Å²) in [6.07, 6.45) is 11.4. The summed E-state index contributed by atoms with van der Waals surface area (Å²) in [5.41, 5.74) is 0.387. The van der Waals surface area contributed by atoms with Crippen molar-refractivity contribution < 1.29 is 9.59 Å². The van der Waals surface area contributed by atoms with Gasteiger partial charge >= 0.3 is 6.03 Å². The fourth-order valence-electron chi connectivity index (χ4n) is 3.69. The van der Waals surface area contributed by atoms with Crippen LogP contribution in [0.3, 0.4) is 0 Å². The topological polar surface area (TPSA) is 65.0 Å². The van der Waals surface area contributed by atoms with Crippen molar-refractivity contribution in [1.29, 1.82) is 0 Å². The van der Waals surface area contributed by atoms with Gasteiger partial charge in [-0.3, -0.25) is 14.7 Å². The van der Waals surface area contributed by atoms with Gasteiger partial charge in [0.15, 0.2) is 0 Å². The molecule has 0 radical (unpaired) electrons. The first-order valence-electron chi connectivity index (χ1n) is 9.10. The van der Waals surface area contributed by atoms with Gasteiger partial charge in [0.05, 0.1) is 18.2 Å². The van der Waals surface area contributed by atoms with E-state index in [1.807, 2.05) is 0 Å². The maximum absolute atomic E-state index is 12.9. The summed E-state index contributed by atoms with van der Waals surface area (Å²) in [7, 11) is 0. The highest BCUT2D eigenvalue weighted by atomic mass is 16.2. The Morgan fingerprint density at radius 2 is 2.12 bits per heavy atom. The van der Waals surface area contributed by atoms with Crippen LogP contribution < -0.4 is 5.32 Å². The van der Waals surface area contributed by atoms with Crippen LogP contribution in [0.5, 0.6) is 0 Å². The van der Waals surface area contributed by atoms with E-state index in [0.717, 1.165) is 24.2 Å². The normalized spacial score (nSPS) is 29.1. The van der Waals surface area contributed by atoms with Gasteiger partial charge in [-0.1, -0.05) is 40.0 Å². The van der Waals surface area contributed by atoms with Gasteiger partial charge < -0.3 is 5.32 Å². The number of amidine groups is 1. The summed E-state index contributed by atoms with van der Waals surface area (Å²) in [6.45, 7) is 6.76. The maximum atomic E-state index is 12.9. The molecule has 1 N–H and O–H groups in total. The number of hydrogen-bond acceptors (Lipinski definition) is 3. The standard InChI is InChI=1S/C19H26N4O2/c1-5-22-10-14(18(24)21-15-9-7-6-8-13(15)4)17-20-16(12(2)3)11-23(17)19(22)25/h1,10,12-13,15-16H,6-9,11H2,2-4H3,(H,21,24)/t13?,15?,16-/m1/s1. The first kappa shape index (κ1) is 17.5. The number of nitrogens with zero attached hydrogens (tertiary/aromatic N) is 3. The Morgan fingerprint density at radius 3 is 2.76 bits per heavy atom. The molecule has 0 bridgehead atoms. The summed E-state index contributed by atoms with van der Waals surface area (Å²) in [4.78, 5) is 32.7. The Kier molecular flexibility index (Phi) is 4.85. The Labute approximate surface area is 149 Å². The van der Waals surface area contributed by atoms with E-state index in [0.29, 0.717) is 23.9 Å². The van der Waals surface area contributed by atoms with E-state index >= 15 is 0 Å². The lowest BCUT2D eigenvalue weighted by Crippen LogP contribution is -2.50. The summed E-state index contributed by atoms with van der Waals surface area (Å²) >= 11 is 0. The molecule has 3 aliphatic rings. The molecule has 2 aliphatic heterocycles. The Hall–Kier alpha value is -2.29. The molecule has 2 heterocycles. The zero-order valence-electron chi connectivity index (χ0n) is 15.2. The van der Waals surface area contributed by atoms with E-state index in [4.69, 9.17) is 6.42 Å². The van der Waals surface area contributed by atoms with E-state index in [2.05, 4.69) is 37.1 Å². The minimum atomic E-state index is -0.313. The van der Waals surface area contributed by atoms with Crippen LogP contribution in [-0.4, -0.2) is 46.2 Å². The summed E-state index contributed by atoms with van der Waals surface area (Å²) in [5.74, 6) is 1.00. The second-order valence-electron chi connectivity index (χ2n) is 7.54. The lowest BCUT2D eigenvalue weighted by molar-refractivity contribution is -0.118. The Bertz CT molecular complexity index is 673. The van der Waals surface area contributed by atoms with Crippen LogP contribution in [-0.2, 0) is 4.79 Å². The number of hydrogen-bond donors (Lipinski definition) is 1. The molecule has 3 atom stereocenters. The van der Waals surface area contributed by atoms with Crippen molar-refractivity contribution >= 4 is 17.8 Å². The fraction of sp³-hybridized carbons (Fsp3) is 0.632.